The first kappa shape index (κ1) is 7.49. The van der Waals surface area contributed by atoms with Gasteiger partial charge >= 0.3 is 0 Å². The van der Waals surface area contributed by atoms with Crippen molar-refractivity contribution in [2.75, 3.05) is 19.6 Å². The molecule has 0 aromatic carbocycles. The van der Waals surface area contributed by atoms with E-state index in [0.717, 1.165) is 38.9 Å². The summed E-state index contributed by atoms with van der Waals surface area (Å²) in [6, 6.07) is 0. The maximum absolute atomic E-state index is 10.8. The predicted molar refractivity (Wildman–Crippen MR) is 40.0 cm³/mol. The zero-order valence-corrected chi connectivity index (χ0v) is 6.49. The van der Waals surface area contributed by atoms with Crippen molar-refractivity contribution in [2.24, 2.45) is 0 Å². The Morgan fingerprint density at radius 1 is 1.18 bits per heavy atom. The summed E-state index contributed by atoms with van der Waals surface area (Å²) in [7, 11) is 0. The van der Waals surface area contributed by atoms with E-state index in [0.29, 0.717) is 0 Å². The first-order chi connectivity index (χ1) is 5.23. The lowest BCUT2D eigenvalue weighted by Crippen LogP contribution is -2.58. The first-order valence-corrected chi connectivity index (χ1v) is 4.12. The fourth-order valence-corrected chi connectivity index (χ4v) is 2.10. The molecule has 0 aliphatic carbocycles. The second-order valence-electron chi connectivity index (χ2n) is 3.59. The van der Waals surface area contributed by atoms with Crippen LogP contribution in [0.25, 0.3) is 0 Å². The van der Waals surface area contributed by atoms with Gasteiger partial charge in [0.25, 0.3) is 0 Å². The number of rotatable bonds is 1. The van der Waals surface area contributed by atoms with Crippen molar-refractivity contribution in [3.8, 4) is 0 Å². The second kappa shape index (κ2) is 2.42. The van der Waals surface area contributed by atoms with Gasteiger partial charge in [0.05, 0.1) is 0 Å². The molecule has 2 bridgehead atoms. The van der Waals surface area contributed by atoms with Gasteiger partial charge in [0.2, 0.25) is 0 Å². The average Bonchev–Trinajstić information content (AvgIpc) is 2.08. The molecule has 0 atom stereocenters. The van der Waals surface area contributed by atoms with Crippen LogP contribution in [0.3, 0.4) is 0 Å². The van der Waals surface area contributed by atoms with Gasteiger partial charge < -0.3 is 15.3 Å². The van der Waals surface area contributed by atoms with Crippen molar-refractivity contribution in [1.29, 1.82) is 0 Å². The van der Waals surface area contributed by atoms with E-state index >= 15 is 0 Å². The van der Waals surface area contributed by atoms with Gasteiger partial charge in [-0.05, 0) is 38.9 Å². The van der Waals surface area contributed by atoms with Gasteiger partial charge in [0, 0.05) is 5.54 Å². The van der Waals surface area contributed by atoms with Crippen LogP contribution < -0.4 is 0 Å². The lowest BCUT2D eigenvalue weighted by atomic mass is 9.80. The van der Waals surface area contributed by atoms with Crippen molar-refractivity contribution in [1.82, 2.24) is 10.1 Å². The molecule has 3 heterocycles. The molecule has 64 valence electrons. The van der Waals surface area contributed by atoms with Crippen molar-refractivity contribution >= 4 is 0 Å². The van der Waals surface area contributed by atoms with Crippen LogP contribution in [-0.2, 0) is 0 Å². The molecule has 0 aromatic heterocycles. The van der Waals surface area contributed by atoms with Crippen molar-refractivity contribution in [3.63, 3.8) is 0 Å². The third-order valence-corrected chi connectivity index (χ3v) is 3.09. The molecule has 3 aliphatic heterocycles. The van der Waals surface area contributed by atoms with Gasteiger partial charge in [-0.15, -0.1) is 0 Å². The van der Waals surface area contributed by atoms with Gasteiger partial charge in [0.1, 0.15) is 0 Å². The van der Waals surface area contributed by atoms with E-state index in [-0.39, 0.29) is 5.23 Å². The summed E-state index contributed by atoms with van der Waals surface area (Å²) in [5.74, 6) is 0. The minimum atomic E-state index is -0.422. The molecule has 4 heteroatoms. The molecule has 0 aromatic rings. The van der Waals surface area contributed by atoms with Crippen LogP contribution in [-0.4, -0.2) is 40.5 Å². The molecule has 11 heavy (non-hydrogen) atoms. The molecule has 0 amide bonds. The van der Waals surface area contributed by atoms with E-state index in [1.807, 2.05) is 0 Å². The Bertz CT molecular complexity index is 139. The molecule has 3 aliphatic rings. The normalized spacial score (nSPS) is 43.4. The number of hydroxylamine groups is 2. The molecular weight excluding hydrogens is 144 g/mol. The molecule has 1 N–H and O–H groups in total. The van der Waals surface area contributed by atoms with E-state index in [4.69, 9.17) is 5.21 Å². The molecule has 3 fully saturated rings. The van der Waals surface area contributed by atoms with Crippen LogP contribution in [0.5, 0.6) is 0 Å². The van der Waals surface area contributed by atoms with Gasteiger partial charge in [-0.2, -0.15) is 0 Å². The first-order valence-electron chi connectivity index (χ1n) is 4.12. The molecule has 4 nitrogen and oxygen atoms in total. The Hall–Kier alpha value is -0.160. The molecule has 0 radical (unpaired) electrons. The monoisotopic (exact) mass is 157 g/mol. The molecule has 3 rings (SSSR count). The smallest absolute Gasteiger partial charge is 0.0364 e. The number of hydrogen-bond donors (Lipinski definition) is 1. The minimum absolute atomic E-state index is 0.198. The van der Waals surface area contributed by atoms with E-state index < -0.39 is 5.54 Å². The topological polar surface area (TPSA) is 49.8 Å². The molecular formula is C7H13N2O2-. The molecule has 0 unspecified atom stereocenters. The van der Waals surface area contributed by atoms with Crippen LogP contribution in [0, 0.1) is 5.21 Å². The van der Waals surface area contributed by atoms with E-state index in [9.17, 15) is 5.21 Å². The molecule has 0 saturated carbocycles. The van der Waals surface area contributed by atoms with E-state index in [2.05, 4.69) is 4.90 Å². The van der Waals surface area contributed by atoms with Gasteiger partial charge in [0.15, 0.2) is 0 Å². The fourth-order valence-electron chi connectivity index (χ4n) is 2.10. The fraction of sp³-hybridized carbons (Fsp3) is 1.00. The number of fused-ring (bicyclic) bond motifs is 3. The van der Waals surface area contributed by atoms with Gasteiger partial charge in [-0.3, -0.25) is 5.23 Å². The van der Waals surface area contributed by atoms with E-state index in [1.54, 1.807) is 0 Å². The highest BCUT2D eigenvalue weighted by atomic mass is 16.8. The zero-order chi connectivity index (χ0) is 7.90. The Morgan fingerprint density at radius 2 is 1.64 bits per heavy atom. The summed E-state index contributed by atoms with van der Waals surface area (Å²) in [4.78, 5) is 2.34. The Morgan fingerprint density at radius 3 is 1.91 bits per heavy atom. The highest BCUT2D eigenvalue weighted by Gasteiger charge is 2.40. The van der Waals surface area contributed by atoms with Crippen LogP contribution in [0.2, 0.25) is 0 Å². The SMILES string of the molecule is [O-]N(O)C12CCN(CC1)CC2. The lowest BCUT2D eigenvalue weighted by Gasteiger charge is -2.54. The second-order valence-corrected chi connectivity index (χ2v) is 3.59. The van der Waals surface area contributed by atoms with Crippen LogP contribution in [0.1, 0.15) is 19.3 Å². The Balaban J connectivity index is 2.12. The highest BCUT2D eigenvalue weighted by Crippen LogP contribution is 2.35. The summed E-state index contributed by atoms with van der Waals surface area (Å²) in [6.45, 7) is 2.91. The Kier molecular flexibility index (Phi) is 1.64. The van der Waals surface area contributed by atoms with E-state index in [1.165, 1.54) is 0 Å². The summed E-state index contributed by atoms with van der Waals surface area (Å²) in [6.07, 6.45) is 2.48. The third-order valence-electron chi connectivity index (χ3n) is 3.09. The maximum Gasteiger partial charge on any atom is 0.0364 e. The largest absolute Gasteiger partial charge is 0.762 e. The van der Waals surface area contributed by atoms with Crippen molar-refractivity contribution in [3.05, 3.63) is 5.21 Å². The van der Waals surface area contributed by atoms with Gasteiger partial charge in [-0.1, -0.05) is 0 Å². The lowest BCUT2D eigenvalue weighted by molar-refractivity contribution is -0.170. The van der Waals surface area contributed by atoms with Crippen molar-refractivity contribution < 1.29 is 5.21 Å². The number of nitrogens with zero attached hydrogens (tertiary/aromatic N) is 2. The van der Waals surface area contributed by atoms with Crippen LogP contribution in [0.4, 0.5) is 0 Å². The van der Waals surface area contributed by atoms with Crippen molar-refractivity contribution in [2.45, 2.75) is 24.8 Å². The Labute approximate surface area is 65.9 Å². The third kappa shape index (κ3) is 1.06. The number of piperidine rings is 3. The predicted octanol–water partition coefficient (Wildman–Crippen LogP) is 0.414. The summed E-state index contributed by atoms with van der Waals surface area (Å²) in [5.41, 5.74) is -0.422. The summed E-state index contributed by atoms with van der Waals surface area (Å²) >= 11 is 0. The minimum Gasteiger partial charge on any atom is -0.762 e. The number of hydrogen-bond acceptors (Lipinski definition) is 4. The quantitative estimate of drug-likeness (QED) is 0.560. The average molecular weight is 157 g/mol. The van der Waals surface area contributed by atoms with Crippen LogP contribution >= 0.6 is 0 Å². The highest BCUT2D eigenvalue weighted by molar-refractivity contribution is 4.97. The standard InChI is InChI=1S/C7H13N2O2/c10-9(11)7-1-4-8(5-2-7)6-3-7/h10H,1-6H2/q-1. The van der Waals surface area contributed by atoms with Crippen LogP contribution in [0.15, 0.2) is 0 Å². The van der Waals surface area contributed by atoms with Gasteiger partial charge in [-0.25, -0.2) is 0 Å². The summed E-state index contributed by atoms with van der Waals surface area (Å²) in [5, 5.41) is 19.9. The molecule has 3 saturated heterocycles. The zero-order valence-electron chi connectivity index (χ0n) is 6.49. The molecule has 0 spiro atoms. The maximum atomic E-state index is 10.8. The summed E-state index contributed by atoms with van der Waals surface area (Å²) < 4.78 is 0.